The van der Waals surface area contributed by atoms with Gasteiger partial charge in [-0.1, -0.05) is 36.4 Å². The van der Waals surface area contributed by atoms with E-state index in [1.54, 1.807) is 12.0 Å². The van der Waals surface area contributed by atoms with Crippen molar-refractivity contribution < 1.29 is 14.3 Å². The molecule has 124 valence electrons. The van der Waals surface area contributed by atoms with Gasteiger partial charge < -0.3 is 14.4 Å². The van der Waals surface area contributed by atoms with Gasteiger partial charge >= 0.3 is 0 Å². The lowest BCUT2D eigenvalue weighted by molar-refractivity contribution is -0.120. The van der Waals surface area contributed by atoms with Crippen LogP contribution < -0.4 is 14.4 Å². The molecular formula is C20H21NO3. The molecule has 1 heterocycles. The van der Waals surface area contributed by atoms with Crippen LogP contribution in [0.3, 0.4) is 0 Å². The van der Waals surface area contributed by atoms with Gasteiger partial charge in [-0.05, 0) is 42.7 Å². The van der Waals surface area contributed by atoms with E-state index in [-0.39, 0.29) is 12.5 Å². The van der Waals surface area contributed by atoms with E-state index in [0.717, 1.165) is 17.7 Å². The number of nitrogens with zero attached hydrogens (tertiary/aromatic N) is 1. The van der Waals surface area contributed by atoms with Crippen molar-refractivity contribution in [2.24, 2.45) is 0 Å². The zero-order valence-electron chi connectivity index (χ0n) is 14.0. The van der Waals surface area contributed by atoms with Gasteiger partial charge in [0, 0.05) is 12.2 Å². The molecule has 4 nitrogen and oxygen atoms in total. The number of methoxy groups -OCH3 is 1. The molecule has 0 fully saturated rings. The second-order valence-corrected chi connectivity index (χ2v) is 5.62. The average Bonchev–Trinajstić information content (AvgIpc) is 3.04. The Bertz CT molecular complexity index is 767. The van der Waals surface area contributed by atoms with Crippen molar-refractivity contribution in [3.8, 4) is 11.5 Å². The molecule has 4 heteroatoms. The zero-order valence-corrected chi connectivity index (χ0v) is 14.0. The first-order valence-corrected chi connectivity index (χ1v) is 8.04. The molecule has 1 amide bonds. The van der Waals surface area contributed by atoms with Crippen molar-refractivity contribution in [2.45, 2.75) is 13.3 Å². The van der Waals surface area contributed by atoms with Gasteiger partial charge in [0.1, 0.15) is 0 Å². The maximum absolute atomic E-state index is 12.5. The van der Waals surface area contributed by atoms with Crippen LogP contribution in [0.1, 0.15) is 18.1 Å². The number of rotatable bonds is 5. The number of anilines is 1. The van der Waals surface area contributed by atoms with Gasteiger partial charge in [0.2, 0.25) is 0 Å². The third-order valence-corrected chi connectivity index (χ3v) is 4.09. The zero-order chi connectivity index (χ0) is 16.9. The van der Waals surface area contributed by atoms with Crippen molar-refractivity contribution in [3.63, 3.8) is 0 Å². The van der Waals surface area contributed by atoms with Gasteiger partial charge in [0.25, 0.3) is 5.91 Å². The first kappa shape index (κ1) is 16.1. The number of amides is 1. The fraction of sp³-hybridized carbons (Fsp3) is 0.250. The standard InChI is InChI=1S/C20H21NO3/c1-3-6-15-9-10-18(19(13-15)23-2)24-14-20(22)21-12-11-16-7-4-5-8-17(16)21/h3-10,13H,11-12,14H2,1-2H3. The molecule has 1 aliphatic heterocycles. The molecule has 24 heavy (non-hydrogen) atoms. The molecule has 0 bridgehead atoms. The van der Waals surface area contributed by atoms with Crippen LogP contribution in [0.5, 0.6) is 11.5 Å². The Morgan fingerprint density at radius 1 is 1.21 bits per heavy atom. The first-order chi connectivity index (χ1) is 11.7. The first-order valence-electron chi connectivity index (χ1n) is 8.04. The molecule has 2 aromatic carbocycles. The number of benzene rings is 2. The molecule has 0 saturated heterocycles. The largest absolute Gasteiger partial charge is 0.493 e. The van der Waals surface area contributed by atoms with Crippen LogP contribution in [0, 0.1) is 0 Å². The van der Waals surface area contributed by atoms with Gasteiger partial charge in [0.05, 0.1) is 7.11 Å². The SMILES string of the molecule is CC=Cc1ccc(OCC(=O)N2CCc3ccccc32)c(OC)c1. The van der Waals surface area contributed by atoms with E-state index in [1.807, 2.05) is 55.5 Å². The average molecular weight is 323 g/mol. The Morgan fingerprint density at radius 3 is 2.83 bits per heavy atom. The van der Waals surface area contributed by atoms with E-state index in [1.165, 1.54) is 5.56 Å². The quantitative estimate of drug-likeness (QED) is 0.842. The molecule has 0 N–H and O–H groups in total. The molecule has 0 atom stereocenters. The number of ether oxygens (including phenoxy) is 2. The van der Waals surface area contributed by atoms with Crippen molar-refractivity contribution in [1.82, 2.24) is 0 Å². The number of hydrogen-bond donors (Lipinski definition) is 0. The van der Waals surface area contributed by atoms with Gasteiger partial charge in [-0.3, -0.25) is 4.79 Å². The van der Waals surface area contributed by atoms with Crippen LogP contribution in [0.25, 0.3) is 6.08 Å². The van der Waals surface area contributed by atoms with Gasteiger partial charge in [0.15, 0.2) is 18.1 Å². The smallest absolute Gasteiger partial charge is 0.264 e. The molecule has 0 aromatic heterocycles. The van der Waals surface area contributed by atoms with E-state index in [0.29, 0.717) is 18.0 Å². The summed E-state index contributed by atoms with van der Waals surface area (Å²) < 4.78 is 11.1. The van der Waals surface area contributed by atoms with E-state index in [4.69, 9.17) is 9.47 Å². The number of fused-ring (bicyclic) bond motifs is 1. The molecule has 3 rings (SSSR count). The number of carbonyl (C=O) groups is 1. The van der Waals surface area contributed by atoms with E-state index in [9.17, 15) is 4.79 Å². The van der Waals surface area contributed by atoms with Crippen molar-refractivity contribution in [1.29, 1.82) is 0 Å². The van der Waals surface area contributed by atoms with Gasteiger partial charge in [-0.15, -0.1) is 0 Å². The minimum absolute atomic E-state index is 0.00629. The summed E-state index contributed by atoms with van der Waals surface area (Å²) in [6, 6.07) is 13.7. The summed E-state index contributed by atoms with van der Waals surface area (Å²) in [5, 5.41) is 0. The molecular weight excluding hydrogens is 302 g/mol. The third-order valence-electron chi connectivity index (χ3n) is 4.09. The fourth-order valence-corrected chi connectivity index (χ4v) is 2.91. The Kier molecular flexibility index (Phi) is 4.85. The fourth-order valence-electron chi connectivity index (χ4n) is 2.91. The summed E-state index contributed by atoms with van der Waals surface area (Å²) >= 11 is 0. The molecule has 0 unspecified atom stereocenters. The number of para-hydroxylation sites is 1. The molecule has 0 spiro atoms. The van der Waals surface area contributed by atoms with Crippen LogP contribution in [0.15, 0.2) is 48.5 Å². The highest BCUT2D eigenvalue weighted by Gasteiger charge is 2.24. The highest BCUT2D eigenvalue weighted by Crippen LogP contribution is 2.30. The number of allylic oxidation sites excluding steroid dienone is 1. The Hall–Kier alpha value is -2.75. The molecule has 1 aliphatic rings. The van der Waals surface area contributed by atoms with Crippen LogP contribution in [-0.2, 0) is 11.2 Å². The second kappa shape index (κ2) is 7.21. The summed E-state index contributed by atoms with van der Waals surface area (Å²) in [5.41, 5.74) is 3.22. The predicted octanol–water partition coefficient (Wildman–Crippen LogP) is 3.70. The molecule has 0 aliphatic carbocycles. The Morgan fingerprint density at radius 2 is 2.04 bits per heavy atom. The summed E-state index contributed by atoms with van der Waals surface area (Å²) in [5.74, 6) is 1.16. The van der Waals surface area contributed by atoms with Gasteiger partial charge in [-0.2, -0.15) is 0 Å². The van der Waals surface area contributed by atoms with Crippen molar-refractivity contribution in [2.75, 3.05) is 25.2 Å². The Balaban J connectivity index is 1.69. The van der Waals surface area contributed by atoms with Crippen LogP contribution in [-0.4, -0.2) is 26.2 Å². The highest BCUT2D eigenvalue weighted by atomic mass is 16.5. The maximum Gasteiger partial charge on any atom is 0.264 e. The predicted molar refractivity (Wildman–Crippen MR) is 95.7 cm³/mol. The van der Waals surface area contributed by atoms with E-state index in [2.05, 4.69) is 6.07 Å². The minimum atomic E-state index is -0.0421. The summed E-state index contributed by atoms with van der Waals surface area (Å²) in [4.78, 5) is 14.3. The lowest BCUT2D eigenvalue weighted by Crippen LogP contribution is -2.33. The monoisotopic (exact) mass is 323 g/mol. The van der Waals surface area contributed by atoms with E-state index < -0.39 is 0 Å². The number of hydrogen-bond acceptors (Lipinski definition) is 3. The highest BCUT2D eigenvalue weighted by molar-refractivity contribution is 5.96. The van der Waals surface area contributed by atoms with Crippen LogP contribution in [0.2, 0.25) is 0 Å². The summed E-state index contributed by atoms with van der Waals surface area (Å²) in [6.45, 7) is 2.66. The molecule has 0 saturated carbocycles. The lowest BCUT2D eigenvalue weighted by atomic mass is 10.2. The minimum Gasteiger partial charge on any atom is -0.493 e. The number of carbonyl (C=O) groups excluding carboxylic acids is 1. The molecule has 2 aromatic rings. The van der Waals surface area contributed by atoms with E-state index >= 15 is 0 Å². The summed E-state index contributed by atoms with van der Waals surface area (Å²) in [7, 11) is 1.60. The van der Waals surface area contributed by atoms with Crippen molar-refractivity contribution >= 4 is 17.7 Å². The van der Waals surface area contributed by atoms with Gasteiger partial charge in [-0.25, -0.2) is 0 Å². The maximum atomic E-state index is 12.5. The van der Waals surface area contributed by atoms with Crippen LogP contribution in [0.4, 0.5) is 5.69 Å². The normalized spacial score (nSPS) is 13.2. The van der Waals surface area contributed by atoms with Crippen molar-refractivity contribution in [3.05, 3.63) is 59.7 Å². The lowest BCUT2D eigenvalue weighted by Gasteiger charge is -2.18. The van der Waals surface area contributed by atoms with Crippen LogP contribution >= 0.6 is 0 Å². The molecule has 0 radical (unpaired) electrons. The summed E-state index contributed by atoms with van der Waals surface area (Å²) in [6.07, 6.45) is 4.84. The third kappa shape index (κ3) is 3.27. The Labute approximate surface area is 142 Å². The second-order valence-electron chi connectivity index (χ2n) is 5.62. The topological polar surface area (TPSA) is 38.8 Å².